The van der Waals surface area contributed by atoms with E-state index in [1.54, 1.807) is 28.9 Å². The number of nitrogens with zero attached hydrogens (tertiary/aromatic N) is 3. The predicted molar refractivity (Wildman–Crippen MR) is 131 cm³/mol. The second kappa shape index (κ2) is 8.53. The van der Waals surface area contributed by atoms with Gasteiger partial charge in [-0.1, -0.05) is 17.7 Å². The summed E-state index contributed by atoms with van der Waals surface area (Å²) in [5.41, 5.74) is 3.94. The van der Waals surface area contributed by atoms with Gasteiger partial charge in [0.1, 0.15) is 25.4 Å². The molecule has 34 heavy (non-hydrogen) atoms. The third-order valence-corrected chi connectivity index (χ3v) is 6.30. The van der Waals surface area contributed by atoms with Gasteiger partial charge in [0.15, 0.2) is 11.5 Å². The van der Waals surface area contributed by atoms with Crippen molar-refractivity contribution in [2.45, 2.75) is 27.3 Å². The van der Waals surface area contributed by atoms with E-state index in [0.29, 0.717) is 41.1 Å². The normalized spacial score (nSPS) is 12.7. The van der Waals surface area contributed by atoms with Crippen LogP contribution in [0, 0.1) is 20.8 Å². The molecule has 0 unspecified atom stereocenters. The van der Waals surface area contributed by atoms with E-state index in [9.17, 15) is 9.59 Å². The molecule has 0 saturated carbocycles. The van der Waals surface area contributed by atoms with Crippen LogP contribution in [0.1, 0.15) is 16.8 Å². The summed E-state index contributed by atoms with van der Waals surface area (Å²) in [6.07, 6.45) is 0. The van der Waals surface area contributed by atoms with Crippen LogP contribution in [0.15, 0.2) is 47.3 Å². The average Bonchev–Trinajstić information content (AvgIpc) is 3.15. The maximum atomic E-state index is 13.1. The number of hydrogen-bond donors (Lipinski definition) is 1. The summed E-state index contributed by atoms with van der Waals surface area (Å²) < 4.78 is 14.2. The fourth-order valence-corrected chi connectivity index (χ4v) is 4.45. The molecular formula is C25H23ClN4O4. The molecule has 0 saturated heterocycles. The SMILES string of the molecule is Cc1c(Cl)cccc1-n1nc(C)c2c(C)cc(=O)n(CC(=O)Nc3ccc4c(c3)OCCO4)c21. The molecule has 4 aromatic rings. The summed E-state index contributed by atoms with van der Waals surface area (Å²) in [4.78, 5) is 26.1. The van der Waals surface area contributed by atoms with Gasteiger partial charge in [0.05, 0.1) is 11.4 Å². The first-order valence-corrected chi connectivity index (χ1v) is 11.3. The maximum absolute atomic E-state index is 13.1. The smallest absolute Gasteiger partial charge is 0.252 e. The van der Waals surface area contributed by atoms with Crippen LogP contribution in [-0.2, 0) is 11.3 Å². The standard InChI is InChI=1S/C25H23ClN4O4/c1-14-11-23(32)29(13-22(31)27-17-7-8-20-21(12-17)34-10-9-33-20)25-24(14)16(3)28-30(25)19-6-4-5-18(26)15(19)2/h4-8,11-12H,9-10,13H2,1-3H3,(H,27,31). The number of anilines is 1. The lowest BCUT2D eigenvalue weighted by Gasteiger charge is -2.19. The highest BCUT2D eigenvalue weighted by atomic mass is 35.5. The van der Waals surface area contributed by atoms with E-state index in [1.165, 1.54) is 10.6 Å². The lowest BCUT2D eigenvalue weighted by molar-refractivity contribution is -0.116. The predicted octanol–water partition coefficient (Wildman–Crippen LogP) is 4.18. The summed E-state index contributed by atoms with van der Waals surface area (Å²) in [6, 6.07) is 12.3. The minimum atomic E-state index is -0.350. The molecule has 0 spiro atoms. The molecule has 2 aromatic heterocycles. The quantitative estimate of drug-likeness (QED) is 0.475. The molecule has 1 aliphatic rings. The number of nitrogens with one attached hydrogen (secondary N) is 1. The lowest BCUT2D eigenvalue weighted by Crippen LogP contribution is -2.29. The number of amides is 1. The Labute approximate surface area is 200 Å². The van der Waals surface area contributed by atoms with Gasteiger partial charge in [0.2, 0.25) is 5.91 Å². The molecule has 5 rings (SSSR count). The fourth-order valence-electron chi connectivity index (χ4n) is 4.28. The molecule has 0 bridgehead atoms. The number of pyridine rings is 1. The summed E-state index contributed by atoms with van der Waals surface area (Å²) in [5.74, 6) is 0.859. The lowest BCUT2D eigenvalue weighted by atomic mass is 10.1. The Bertz CT molecular complexity index is 1510. The van der Waals surface area contributed by atoms with E-state index in [2.05, 4.69) is 5.32 Å². The number of rotatable bonds is 4. The van der Waals surface area contributed by atoms with E-state index in [0.717, 1.165) is 27.9 Å². The zero-order chi connectivity index (χ0) is 24.0. The highest BCUT2D eigenvalue weighted by molar-refractivity contribution is 6.31. The number of halogens is 1. The summed E-state index contributed by atoms with van der Waals surface area (Å²) in [5, 5.41) is 8.97. The molecule has 1 aliphatic heterocycles. The molecule has 2 aromatic carbocycles. The largest absolute Gasteiger partial charge is 0.486 e. The van der Waals surface area contributed by atoms with Crippen LogP contribution < -0.4 is 20.3 Å². The molecule has 3 heterocycles. The average molecular weight is 479 g/mol. The number of aryl methyl sites for hydroxylation is 2. The minimum absolute atomic E-state index is 0.186. The fraction of sp³-hybridized carbons (Fsp3) is 0.240. The molecular weight excluding hydrogens is 456 g/mol. The number of hydrogen-bond acceptors (Lipinski definition) is 5. The molecule has 1 N–H and O–H groups in total. The maximum Gasteiger partial charge on any atom is 0.252 e. The zero-order valence-electron chi connectivity index (χ0n) is 19.0. The van der Waals surface area contributed by atoms with Crippen molar-refractivity contribution >= 4 is 34.2 Å². The minimum Gasteiger partial charge on any atom is -0.486 e. The van der Waals surface area contributed by atoms with Gasteiger partial charge in [-0.15, -0.1) is 0 Å². The van der Waals surface area contributed by atoms with Crippen molar-refractivity contribution < 1.29 is 14.3 Å². The molecule has 0 fully saturated rings. The number of aromatic nitrogens is 3. The molecule has 1 amide bonds. The van der Waals surface area contributed by atoms with E-state index in [-0.39, 0.29) is 18.0 Å². The van der Waals surface area contributed by atoms with Crippen LogP contribution >= 0.6 is 11.6 Å². The van der Waals surface area contributed by atoms with Gasteiger partial charge in [-0.2, -0.15) is 5.10 Å². The van der Waals surface area contributed by atoms with Gasteiger partial charge in [-0.25, -0.2) is 4.68 Å². The first kappa shape index (κ1) is 22.0. The van der Waals surface area contributed by atoms with Gasteiger partial charge in [0.25, 0.3) is 5.56 Å². The highest BCUT2D eigenvalue weighted by Crippen LogP contribution is 2.33. The molecule has 9 heteroatoms. The van der Waals surface area contributed by atoms with Crippen LogP contribution in [0.2, 0.25) is 5.02 Å². The van der Waals surface area contributed by atoms with Gasteiger partial charge < -0.3 is 14.8 Å². The Balaban J connectivity index is 1.56. The Kier molecular flexibility index (Phi) is 5.53. The Morgan fingerprint density at radius 2 is 1.85 bits per heavy atom. The second-order valence-corrected chi connectivity index (χ2v) is 8.65. The van der Waals surface area contributed by atoms with Crippen LogP contribution in [0.5, 0.6) is 11.5 Å². The van der Waals surface area contributed by atoms with Crippen LogP contribution in [-0.4, -0.2) is 33.5 Å². The monoisotopic (exact) mass is 478 g/mol. The Morgan fingerprint density at radius 3 is 2.65 bits per heavy atom. The topological polar surface area (TPSA) is 87.4 Å². The van der Waals surface area contributed by atoms with Crippen molar-refractivity contribution in [1.29, 1.82) is 0 Å². The van der Waals surface area contributed by atoms with Crippen molar-refractivity contribution in [3.8, 4) is 17.2 Å². The van der Waals surface area contributed by atoms with Crippen LogP contribution in [0.25, 0.3) is 16.7 Å². The summed E-state index contributed by atoms with van der Waals surface area (Å²) in [6.45, 7) is 6.41. The molecule has 0 aliphatic carbocycles. The highest BCUT2D eigenvalue weighted by Gasteiger charge is 2.20. The van der Waals surface area contributed by atoms with E-state index in [4.69, 9.17) is 26.2 Å². The van der Waals surface area contributed by atoms with Crippen molar-refractivity contribution in [2.24, 2.45) is 0 Å². The van der Waals surface area contributed by atoms with Gasteiger partial charge in [-0.05, 0) is 56.2 Å². The van der Waals surface area contributed by atoms with E-state index < -0.39 is 0 Å². The summed E-state index contributed by atoms with van der Waals surface area (Å²) in [7, 11) is 0. The van der Waals surface area contributed by atoms with E-state index in [1.807, 2.05) is 32.9 Å². The van der Waals surface area contributed by atoms with Crippen molar-refractivity contribution in [1.82, 2.24) is 14.3 Å². The third-order valence-electron chi connectivity index (χ3n) is 5.89. The van der Waals surface area contributed by atoms with Crippen molar-refractivity contribution in [3.05, 3.63) is 74.7 Å². The Morgan fingerprint density at radius 1 is 1.09 bits per heavy atom. The van der Waals surface area contributed by atoms with Gasteiger partial charge in [-0.3, -0.25) is 14.2 Å². The second-order valence-electron chi connectivity index (χ2n) is 8.24. The van der Waals surface area contributed by atoms with Crippen LogP contribution in [0.3, 0.4) is 0 Å². The summed E-state index contributed by atoms with van der Waals surface area (Å²) >= 11 is 6.36. The van der Waals surface area contributed by atoms with Gasteiger partial charge >= 0.3 is 0 Å². The first-order valence-electron chi connectivity index (χ1n) is 10.9. The molecule has 174 valence electrons. The number of benzene rings is 2. The Hall–Kier alpha value is -3.78. The molecule has 0 atom stereocenters. The van der Waals surface area contributed by atoms with Crippen molar-refractivity contribution in [2.75, 3.05) is 18.5 Å². The van der Waals surface area contributed by atoms with Crippen LogP contribution in [0.4, 0.5) is 5.69 Å². The zero-order valence-corrected chi connectivity index (χ0v) is 19.8. The van der Waals surface area contributed by atoms with Crippen molar-refractivity contribution in [3.63, 3.8) is 0 Å². The molecule has 0 radical (unpaired) electrons. The number of ether oxygens (including phenoxy) is 2. The third kappa shape index (κ3) is 3.80. The molecule has 8 nitrogen and oxygen atoms in total. The van der Waals surface area contributed by atoms with Gasteiger partial charge in [0, 0.05) is 28.2 Å². The number of carbonyl (C=O) groups is 1. The first-order chi connectivity index (χ1) is 16.3. The number of carbonyl (C=O) groups excluding carboxylic acids is 1. The van der Waals surface area contributed by atoms with E-state index >= 15 is 0 Å². The number of fused-ring (bicyclic) bond motifs is 2.